The third kappa shape index (κ3) is 5.26. The van der Waals surface area contributed by atoms with E-state index >= 15 is 0 Å². The van der Waals surface area contributed by atoms with Crippen molar-refractivity contribution in [3.05, 3.63) is 57.3 Å². The quantitative estimate of drug-likeness (QED) is 0.774. The standard InChI is InChI=1S/C19H22N2O3S/c1-13-4-10-17(25-13)16(22)9-11-18(23)21(3)12-14-5-7-15(8-6-14)19(24)20-2/h4-8,10H,9,11-12H2,1-3H3,(H,20,24). The Hall–Kier alpha value is -2.47. The van der Waals surface area contributed by atoms with Gasteiger partial charge in [0.25, 0.3) is 5.91 Å². The fourth-order valence-electron chi connectivity index (χ4n) is 2.39. The zero-order chi connectivity index (χ0) is 18.4. The summed E-state index contributed by atoms with van der Waals surface area (Å²) < 4.78 is 0. The number of Topliss-reactive ketones (excluding diaryl/α,β-unsaturated/α-hetero) is 1. The SMILES string of the molecule is CNC(=O)c1ccc(CN(C)C(=O)CCC(=O)c2ccc(C)s2)cc1. The fraction of sp³-hybridized carbons (Fsp3) is 0.316. The van der Waals surface area contributed by atoms with Crippen LogP contribution in [0.1, 0.15) is 43.3 Å². The lowest BCUT2D eigenvalue weighted by Gasteiger charge is -2.17. The second-order valence-electron chi connectivity index (χ2n) is 5.86. The van der Waals surface area contributed by atoms with E-state index in [1.807, 2.05) is 31.2 Å². The molecule has 0 aliphatic heterocycles. The summed E-state index contributed by atoms with van der Waals surface area (Å²) in [7, 11) is 3.30. The van der Waals surface area contributed by atoms with Gasteiger partial charge < -0.3 is 10.2 Å². The van der Waals surface area contributed by atoms with Crippen molar-refractivity contribution < 1.29 is 14.4 Å². The third-order valence-electron chi connectivity index (χ3n) is 3.87. The van der Waals surface area contributed by atoms with E-state index in [0.717, 1.165) is 10.4 Å². The van der Waals surface area contributed by atoms with Gasteiger partial charge in [-0.1, -0.05) is 12.1 Å². The Balaban J connectivity index is 1.85. The Morgan fingerprint density at radius 3 is 2.28 bits per heavy atom. The zero-order valence-electron chi connectivity index (χ0n) is 14.7. The first-order chi connectivity index (χ1) is 11.9. The van der Waals surface area contributed by atoms with Crippen LogP contribution in [0, 0.1) is 6.92 Å². The molecule has 0 spiro atoms. The summed E-state index contributed by atoms with van der Waals surface area (Å²) in [4.78, 5) is 39.2. The highest BCUT2D eigenvalue weighted by molar-refractivity contribution is 7.14. The van der Waals surface area contributed by atoms with Gasteiger partial charge in [0.2, 0.25) is 5.91 Å². The number of rotatable bonds is 7. The van der Waals surface area contributed by atoms with Crippen LogP contribution in [0.5, 0.6) is 0 Å². The maximum absolute atomic E-state index is 12.2. The molecule has 0 atom stereocenters. The summed E-state index contributed by atoms with van der Waals surface area (Å²) >= 11 is 1.46. The van der Waals surface area contributed by atoms with E-state index in [1.54, 1.807) is 31.1 Å². The van der Waals surface area contributed by atoms with E-state index in [1.165, 1.54) is 11.3 Å². The van der Waals surface area contributed by atoms with Gasteiger partial charge in [0, 0.05) is 43.9 Å². The molecule has 0 fully saturated rings. The minimum atomic E-state index is -0.140. The van der Waals surface area contributed by atoms with E-state index in [0.29, 0.717) is 17.0 Å². The summed E-state index contributed by atoms with van der Waals surface area (Å²) in [5, 5.41) is 2.57. The van der Waals surface area contributed by atoms with Crippen LogP contribution in [-0.2, 0) is 11.3 Å². The van der Waals surface area contributed by atoms with Crippen LogP contribution in [-0.4, -0.2) is 36.6 Å². The van der Waals surface area contributed by atoms with Crippen molar-refractivity contribution in [3.63, 3.8) is 0 Å². The minimum absolute atomic E-state index is 0.00906. The third-order valence-corrected chi connectivity index (χ3v) is 4.91. The van der Waals surface area contributed by atoms with Crippen molar-refractivity contribution in [2.24, 2.45) is 0 Å². The van der Waals surface area contributed by atoms with Crippen LogP contribution < -0.4 is 5.32 Å². The Labute approximate surface area is 151 Å². The molecule has 1 aromatic heterocycles. The molecule has 0 saturated heterocycles. The molecule has 2 rings (SSSR count). The van der Waals surface area contributed by atoms with Gasteiger partial charge in [-0.2, -0.15) is 0 Å². The Kier molecular flexibility index (Phi) is 6.47. The first-order valence-corrected chi connectivity index (χ1v) is 8.87. The molecule has 1 N–H and O–H groups in total. The van der Waals surface area contributed by atoms with Crippen LogP contribution in [0.25, 0.3) is 0 Å². The van der Waals surface area contributed by atoms with Crippen LogP contribution >= 0.6 is 11.3 Å². The summed E-state index contributed by atoms with van der Waals surface area (Å²) in [6, 6.07) is 10.8. The maximum atomic E-state index is 12.2. The number of ketones is 1. The molecule has 0 aliphatic carbocycles. The number of amides is 2. The van der Waals surface area contributed by atoms with Crippen LogP contribution in [0.2, 0.25) is 0 Å². The Bertz CT molecular complexity index is 765. The van der Waals surface area contributed by atoms with E-state index in [4.69, 9.17) is 0 Å². The van der Waals surface area contributed by atoms with E-state index < -0.39 is 0 Å². The molecule has 2 amide bonds. The number of thiophene rings is 1. The number of hydrogen-bond acceptors (Lipinski definition) is 4. The number of nitrogens with one attached hydrogen (secondary N) is 1. The van der Waals surface area contributed by atoms with Crippen LogP contribution in [0.15, 0.2) is 36.4 Å². The Morgan fingerprint density at radius 2 is 1.72 bits per heavy atom. The minimum Gasteiger partial charge on any atom is -0.355 e. The molecule has 2 aromatic rings. The van der Waals surface area contributed by atoms with Gasteiger partial charge in [-0.05, 0) is 36.8 Å². The molecule has 0 radical (unpaired) electrons. The molecular formula is C19H22N2O3S. The van der Waals surface area contributed by atoms with Crippen molar-refractivity contribution >= 4 is 28.9 Å². The summed E-state index contributed by atoms with van der Waals surface area (Å²) in [5.74, 6) is -0.204. The molecule has 5 nitrogen and oxygen atoms in total. The first kappa shape index (κ1) is 18.9. The number of hydrogen-bond donors (Lipinski definition) is 1. The normalized spacial score (nSPS) is 10.4. The smallest absolute Gasteiger partial charge is 0.251 e. The highest BCUT2D eigenvalue weighted by Gasteiger charge is 2.14. The summed E-state index contributed by atoms with van der Waals surface area (Å²) in [6.45, 7) is 2.40. The average Bonchev–Trinajstić information content (AvgIpc) is 3.05. The maximum Gasteiger partial charge on any atom is 0.251 e. The first-order valence-electron chi connectivity index (χ1n) is 8.05. The van der Waals surface area contributed by atoms with E-state index in [2.05, 4.69) is 5.32 Å². The van der Waals surface area contributed by atoms with Crippen molar-refractivity contribution in [2.45, 2.75) is 26.3 Å². The number of benzene rings is 1. The topological polar surface area (TPSA) is 66.5 Å². The number of carbonyl (C=O) groups is 3. The molecule has 1 heterocycles. The fourth-order valence-corrected chi connectivity index (χ4v) is 3.22. The second kappa shape index (κ2) is 8.58. The molecule has 132 valence electrons. The summed E-state index contributed by atoms with van der Waals surface area (Å²) in [6.07, 6.45) is 0.418. The molecular weight excluding hydrogens is 336 g/mol. The van der Waals surface area contributed by atoms with Gasteiger partial charge in [-0.15, -0.1) is 11.3 Å². The lowest BCUT2D eigenvalue weighted by Crippen LogP contribution is -2.26. The van der Waals surface area contributed by atoms with Gasteiger partial charge in [0.15, 0.2) is 5.78 Å². The molecule has 0 unspecified atom stereocenters. The van der Waals surface area contributed by atoms with Crippen molar-refractivity contribution in [1.82, 2.24) is 10.2 Å². The number of nitrogens with zero attached hydrogens (tertiary/aromatic N) is 1. The van der Waals surface area contributed by atoms with Gasteiger partial charge in [0.05, 0.1) is 4.88 Å². The van der Waals surface area contributed by atoms with Crippen molar-refractivity contribution in [3.8, 4) is 0 Å². The molecule has 6 heteroatoms. The van der Waals surface area contributed by atoms with Crippen LogP contribution in [0.4, 0.5) is 0 Å². The van der Waals surface area contributed by atoms with Gasteiger partial charge >= 0.3 is 0 Å². The highest BCUT2D eigenvalue weighted by Crippen LogP contribution is 2.18. The van der Waals surface area contributed by atoms with Gasteiger partial charge in [-0.3, -0.25) is 14.4 Å². The number of aryl methyl sites for hydroxylation is 1. The average molecular weight is 358 g/mol. The van der Waals surface area contributed by atoms with Gasteiger partial charge in [0.1, 0.15) is 0 Å². The monoisotopic (exact) mass is 358 g/mol. The predicted molar refractivity (Wildman–Crippen MR) is 98.9 cm³/mol. The van der Waals surface area contributed by atoms with Crippen LogP contribution in [0.3, 0.4) is 0 Å². The molecule has 0 bridgehead atoms. The molecule has 0 saturated carbocycles. The van der Waals surface area contributed by atoms with E-state index in [9.17, 15) is 14.4 Å². The molecule has 0 aliphatic rings. The van der Waals surface area contributed by atoms with Crippen molar-refractivity contribution in [2.75, 3.05) is 14.1 Å². The molecule has 25 heavy (non-hydrogen) atoms. The van der Waals surface area contributed by atoms with Gasteiger partial charge in [-0.25, -0.2) is 0 Å². The lowest BCUT2D eigenvalue weighted by atomic mass is 10.1. The molecule has 1 aromatic carbocycles. The summed E-state index contributed by atoms with van der Waals surface area (Å²) in [5.41, 5.74) is 1.51. The number of carbonyl (C=O) groups excluding carboxylic acids is 3. The largest absolute Gasteiger partial charge is 0.355 e. The second-order valence-corrected chi connectivity index (χ2v) is 7.15. The predicted octanol–water partition coefficient (Wildman–Crippen LogP) is 3.04. The Morgan fingerprint density at radius 1 is 1.04 bits per heavy atom. The van der Waals surface area contributed by atoms with Crippen molar-refractivity contribution in [1.29, 1.82) is 0 Å². The zero-order valence-corrected chi connectivity index (χ0v) is 15.5. The van der Waals surface area contributed by atoms with E-state index in [-0.39, 0.29) is 30.4 Å². The highest BCUT2D eigenvalue weighted by atomic mass is 32.1. The lowest BCUT2D eigenvalue weighted by molar-refractivity contribution is -0.130.